The zero-order chi connectivity index (χ0) is 25.4. The second kappa shape index (κ2) is 9.92. The molecule has 12 heteroatoms. The van der Waals surface area contributed by atoms with Gasteiger partial charge >= 0.3 is 0 Å². The highest BCUT2D eigenvalue weighted by atomic mass is 19.3. The Labute approximate surface area is 206 Å². The van der Waals surface area contributed by atoms with Crippen molar-refractivity contribution < 1.29 is 23.1 Å². The maximum atomic E-state index is 13.8. The predicted molar refractivity (Wildman–Crippen MR) is 127 cm³/mol. The summed E-state index contributed by atoms with van der Waals surface area (Å²) in [4.78, 5) is 30.9. The normalized spacial score (nSPS) is 24.9. The van der Waals surface area contributed by atoms with Gasteiger partial charge in [-0.05, 0) is 45.6 Å². The fraction of sp³-hybridized carbons (Fsp3) is 0.542. The Bertz CT molecular complexity index is 1240. The second-order valence-corrected chi connectivity index (χ2v) is 9.64. The van der Waals surface area contributed by atoms with E-state index in [0.29, 0.717) is 50.2 Å². The van der Waals surface area contributed by atoms with Crippen molar-refractivity contribution in [2.24, 2.45) is 5.92 Å². The number of hydrogen-bond donors (Lipinski definition) is 1. The van der Waals surface area contributed by atoms with E-state index in [1.54, 1.807) is 6.20 Å². The van der Waals surface area contributed by atoms with Crippen LogP contribution in [0.4, 0.5) is 20.3 Å². The average Bonchev–Trinajstić information content (AvgIpc) is 3.47. The van der Waals surface area contributed by atoms with Gasteiger partial charge in [0.05, 0.1) is 30.1 Å². The van der Waals surface area contributed by atoms with E-state index in [1.165, 1.54) is 21.6 Å². The number of nitrogens with zero attached hydrogens (tertiary/aromatic N) is 6. The predicted octanol–water partition coefficient (Wildman–Crippen LogP) is 3.66. The van der Waals surface area contributed by atoms with Gasteiger partial charge in [-0.2, -0.15) is 10.2 Å². The van der Waals surface area contributed by atoms with Crippen LogP contribution < -0.4 is 10.2 Å². The van der Waals surface area contributed by atoms with E-state index in [0.717, 1.165) is 6.29 Å². The van der Waals surface area contributed by atoms with Crippen LogP contribution in [0.1, 0.15) is 68.0 Å². The summed E-state index contributed by atoms with van der Waals surface area (Å²) in [5.74, 6) is 0.0954. The quantitative estimate of drug-likeness (QED) is 0.514. The molecule has 1 amide bonds. The molecule has 1 N–H and O–H groups in total. The smallest absolute Gasteiger partial charge is 0.284 e. The number of fused-ring (bicyclic) bond motifs is 1. The maximum absolute atomic E-state index is 13.8. The Morgan fingerprint density at radius 1 is 1.19 bits per heavy atom. The number of aromatic nitrogens is 5. The van der Waals surface area contributed by atoms with Crippen molar-refractivity contribution in [1.82, 2.24) is 24.4 Å². The molecule has 192 valence electrons. The first kappa shape index (κ1) is 24.3. The molecule has 2 aliphatic rings. The van der Waals surface area contributed by atoms with Crippen molar-refractivity contribution in [1.29, 1.82) is 0 Å². The molecule has 0 bridgehead atoms. The van der Waals surface area contributed by atoms with Gasteiger partial charge in [0.25, 0.3) is 12.3 Å². The minimum Gasteiger partial charge on any atom is -0.372 e. The van der Waals surface area contributed by atoms with Crippen LogP contribution in [-0.4, -0.2) is 61.9 Å². The first-order valence-electron chi connectivity index (χ1n) is 12.2. The van der Waals surface area contributed by atoms with Crippen LogP contribution >= 0.6 is 0 Å². The number of carbonyl (C=O) groups is 2. The molecule has 36 heavy (non-hydrogen) atoms. The maximum Gasteiger partial charge on any atom is 0.284 e. The third-order valence-corrected chi connectivity index (χ3v) is 6.87. The summed E-state index contributed by atoms with van der Waals surface area (Å²) < 4.78 is 36.3. The molecule has 10 nitrogen and oxygen atoms in total. The monoisotopic (exact) mass is 501 g/mol. The van der Waals surface area contributed by atoms with Crippen molar-refractivity contribution >= 4 is 29.3 Å². The largest absolute Gasteiger partial charge is 0.372 e. The second-order valence-electron chi connectivity index (χ2n) is 9.64. The van der Waals surface area contributed by atoms with Crippen LogP contribution in [0, 0.1) is 5.92 Å². The number of carbonyl (C=O) groups excluding carboxylic acids is 2. The standard InChI is InChI=1S/C24H29F2N7O3/c1-14-10-31(11-15(2)36-14)20-7-8-32-23(29-20)18(9-27-32)24(35)28-19-12-33(30-21(19)22(25)26)17-5-3-16(13-34)4-6-17/h7-9,12-17,22H,3-6,10-11H2,1-2H3,(H,28,35)/t14-,15+,16-,17-. The number of aldehydes is 1. The molecule has 0 spiro atoms. The van der Waals surface area contributed by atoms with Crippen molar-refractivity contribution in [3.05, 3.63) is 35.9 Å². The Balaban J connectivity index is 1.38. The number of amides is 1. The number of rotatable bonds is 6. The Morgan fingerprint density at radius 2 is 1.92 bits per heavy atom. The molecule has 5 rings (SSSR count). The molecule has 1 saturated carbocycles. The van der Waals surface area contributed by atoms with Crippen LogP contribution in [0.2, 0.25) is 0 Å². The molecular weight excluding hydrogens is 472 g/mol. The summed E-state index contributed by atoms with van der Waals surface area (Å²) >= 11 is 0. The van der Waals surface area contributed by atoms with Crippen LogP contribution in [0.25, 0.3) is 5.65 Å². The van der Waals surface area contributed by atoms with Crippen molar-refractivity contribution in [2.75, 3.05) is 23.3 Å². The number of halogens is 2. The molecule has 1 aliphatic carbocycles. The summed E-state index contributed by atoms with van der Waals surface area (Å²) in [7, 11) is 0. The number of hydrogen-bond acceptors (Lipinski definition) is 7. The fourth-order valence-electron chi connectivity index (χ4n) is 5.10. The lowest BCUT2D eigenvalue weighted by Crippen LogP contribution is -2.45. The highest BCUT2D eigenvalue weighted by molar-refractivity contribution is 6.08. The molecule has 0 unspecified atom stereocenters. The van der Waals surface area contributed by atoms with Gasteiger partial charge in [0.1, 0.15) is 17.7 Å². The van der Waals surface area contributed by atoms with Crippen LogP contribution in [0.5, 0.6) is 0 Å². The molecular formula is C24H29F2N7O3. The molecule has 2 fully saturated rings. The number of ether oxygens (including phenoxy) is 1. The molecule has 0 aromatic carbocycles. The molecule has 1 saturated heterocycles. The van der Waals surface area contributed by atoms with Gasteiger partial charge in [0, 0.05) is 31.4 Å². The number of alkyl halides is 2. The third-order valence-electron chi connectivity index (χ3n) is 6.87. The minimum atomic E-state index is -2.85. The van der Waals surface area contributed by atoms with Gasteiger partial charge < -0.3 is 19.7 Å². The Hall–Kier alpha value is -3.41. The van der Waals surface area contributed by atoms with E-state index in [2.05, 4.69) is 25.4 Å². The fourth-order valence-corrected chi connectivity index (χ4v) is 5.10. The van der Waals surface area contributed by atoms with E-state index in [-0.39, 0.29) is 35.4 Å². The van der Waals surface area contributed by atoms with E-state index < -0.39 is 18.0 Å². The van der Waals surface area contributed by atoms with Gasteiger partial charge in [-0.3, -0.25) is 9.48 Å². The first-order chi connectivity index (χ1) is 17.3. The van der Waals surface area contributed by atoms with E-state index >= 15 is 0 Å². The Kier molecular flexibility index (Phi) is 6.69. The van der Waals surface area contributed by atoms with Crippen molar-refractivity contribution in [3.63, 3.8) is 0 Å². The lowest BCUT2D eigenvalue weighted by Gasteiger charge is -2.36. The summed E-state index contributed by atoms with van der Waals surface area (Å²) in [6.45, 7) is 5.31. The molecule has 0 radical (unpaired) electrons. The summed E-state index contributed by atoms with van der Waals surface area (Å²) in [5, 5.41) is 10.9. The topological polar surface area (TPSA) is 107 Å². The van der Waals surface area contributed by atoms with E-state index in [4.69, 9.17) is 4.74 Å². The SMILES string of the molecule is C[C@@H]1CN(c2ccn3ncc(C(=O)Nc4cn([C@H]5CC[C@H](C=O)CC5)nc4C(F)F)c3n2)C[C@H](C)O1. The van der Waals surface area contributed by atoms with Crippen molar-refractivity contribution in [3.8, 4) is 0 Å². The van der Waals surface area contributed by atoms with E-state index in [1.807, 2.05) is 19.9 Å². The zero-order valence-corrected chi connectivity index (χ0v) is 20.2. The molecule has 1 aliphatic heterocycles. The van der Waals surface area contributed by atoms with Gasteiger partial charge in [-0.1, -0.05) is 0 Å². The first-order valence-corrected chi connectivity index (χ1v) is 12.2. The van der Waals surface area contributed by atoms with Gasteiger partial charge in [-0.15, -0.1) is 0 Å². The van der Waals surface area contributed by atoms with E-state index in [9.17, 15) is 18.4 Å². The van der Waals surface area contributed by atoms with Crippen LogP contribution in [0.3, 0.4) is 0 Å². The summed E-state index contributed by atoms with van der Waals surface area (Å²) in [6, 6.07) is 1.73. The zero-order valence-electron chi connectivity index (χ0n) is 20.2. The van der Waals surface area contributed by atoms with Gasteiger partial charge in [-0.25, -0.2) is 18.3 Å². The van der Waals surface area contributed by atoms with Crippen LogP contribution in [0.15, 0.2) is 24.7 Å². The minimum absolute atomic E-state index is 0.00227. The molecule has 3 aromatic heterocycles. The summed E-state index contributed by atoms with van der Waals surface area (Å²) in [6.07, 6.45) is 5.44. The lowest BCUT2D eigenvalue weighted by molar-refractivity contribution is -0.112. The Morgan fingerprint density at radius 3 is 2.58 bits per heavy atom. The lowest BCUT2D eigenvalue weighted by atomic mass is 9.87. The highest BCUT2D eigenvalue weighted by Gasteiger charge is 2.28. The molecule has 3 aromatic rings. The highest BCUT2D eigenvalue weighted by Crippen LogP contribution is 2.34. The average molecular weight is 502 g/mol. The third kappa shape index (κ3) is 4.81. The van der Waals surface area contributed by atoms with Gasteiger partial charge in [0.15, 0.2) is 11.3 Å². The molecule has 4 heterocycles. The molecule has 2 atom stereocenters. The number of morpholine rings is 1. The van der Waals surface area contributed by atoms with Crippen LogP contribution in [-0.2, 0) is 9.53 Å². The number of anilines is 2. The number of nitrogens with one attached hydrogen (secondary N) is 1. The summed E-state index contributed by atoms with van der Waals surface area (Å²) in [5.41, 5.74) is -0.0262. The van der Waals surface area contributed by atoms with Gasteiger partial charge in [0.2, 0.25) is 0 Å². The van der Waals surface area contributed by atoms with Crippen molar-refractivity contribution in [2.45, 2.75) is 64.2 Å².